The summed E-state index contributed by atoms with van der Waals surface area (Å²) < 4.78 is 23.6. The van der Waals surface area contributed by atoms with Crippen LogP contribution in [-0.4, -0.2) is 35.1 Å². The van der Waals surface area contributed by atoms with Gasteiger partial charge in [-0.15, -0.1) is 0 Å². The van der Waals surface area contributed by atoms with E-state index in [1.807, 2.05) is 0 Å². The van der Waals surface area contributed by atoms with Gasteiger partial charge >= 0.3 is 0 Å². The lowest BCUT2D eigenvalue weighted by atomic mass is 10.1. The van der Waals surface area contributed by atoms with Crippen molar-refractivity contribution in [3.63, 3.8) is 0 Å². The molecule has 0 spiro atoms. The Balaban J connectivity index is 2.09. The lowest BCUT2D eigenvalue weighted by Gasteiger charge is -2.43. The molecule has 1 aliphatic heterocycles. The summed E-state index contributed by atoms with van der Waals surface area (Å²) >= 11 is 0. The maximum absolute atomic E-state index is 12.0. The van der Waals surface area contributed by atoms with Crippen molar-refractivity contribution in [2.45, 2.75) is 31.6 Å². The molecule has 1 amide bonds. The molecule has 2 rings (SSSR count). The molecule has 0 radical (unpaired) electrons. The van der Waals surface area contributed by atoms with Crippen LogP contribution in [0.15, 0.2) is 24.3 Å². The topological polar surface area (TPSA) is 74.7 Å². The number of sulfonamides is 1. The van der Waals surface area contributed by atoms with Crippen LogP contribution >= 0.6 is 0 Å². The van der Waals surface area contributed by atoms with Crippen LogP contribution in [0, 0.1) is 11.8 Å². The van der Waals surface area contributed by atoms with E-state index < -0.39 is 14.8 Å². The Morgan fingerprint density at radius 2 is 1.86 bits per heavy atom. The fourth-order valence-electron chi connectivity index (χ4n) is 1.99. The standard InChI is InChI=1S/C15H17NO4S/c1-15(2)14(18)16(21(15,19)20)11-13-8-6-12(7-9-13)5-3-4-10-17/h6-9,17H,4,10-11H2,1-2H3. The average Bonchev–Trinajstić information content (AvgIpc) is 2.45. The molecule has 1 heterocycles. The highest BCUT2D eigenvalue weighted by atomic mass is 32.2. The van der Waals surface area contributed by atoms with E-state index in [2.05, 4.69) is 11.8 Å². The third-order valence-corrected chi connectivity index (χ3v) is 5.77. The monoisotopic (exact) mass is 307 g/mol. The number of hydrogen-bond acceptors (Lipinski definition) is 4. The molecule has 0 aliphatic carbocycles. The van der Waals surface area contributed by atoms with Crippen molar-refractivity contribution in [3.8, 4) is 11.8 Å². The molecule has 1 N–H and O–H groups in total. The molecule has 1 aromatic carbocycles. The van der Waals surface area contributed by atoms with E-state index in [1.165, 1.54) is 13.8 Å². The third-order valence-electron chi connectivity index (χ3n) is 3.43. The molecule has 5 nitrogen and oxygen atoms in total. The summed E-state index contributed by atoms with van der Waals surface area (Å²) in [6.45, 7) is 2.91. The fourth-order valence-corrected chi connectivity index (χ4v) is 3.51. The quantitative estimate of drug-likeness (QED) is 0.841. The minimum atomic E-state index is -3.55. The van der Waals surface area contributed by atoms with Gasteiger partial charge in [0.15, 0.2) is 4.75 Å². The Kier molecular flexibility index (Phi) is 4.08. The number of nitrogens with zero attached hydrogens (tertiary/aromatic N) is 1. The molecule has 0 bridgehead atoms. The SMILES string of the molecule is CC1(C)C(=O)N(Cc2ccc(C#CCCO)cc2)S1(=O)=O. The zero-order valence-corrected chi connectivity index (χ0v) is 12.8. The molecular formula is C15H17NO4S. The van der Waals surface area contributed by atoms with Gasteiger partial charge in [-0.3, -0.25) is 4.79 Å². The Bertz CT molecular complexity index is 708. The van der Waals surface area contributed by atoms with Gasteiger partial charge in [-0.25, -0.2) is 12.7 Å². The largest absolute Gasteiger partial charge is 0.395 e. The lowest BCUT2D eigenvalue weighted by Crippen LogP contribution is -2.66. The minimum absolute atomic E-state index is 0.0236. The highest BCUT2D eigenvalue weighted by molar-refractivity contribution is 7.94. The van der Waals surface area contributed by atoms with Crippen LogP contribution in [0.1, 0.15) is 31.4 Å². The Labute approximate surface area is 124 Å². The van der Waals surface area contributed by atoms with Crippen molar-refractivity contribution >= 4 is 15.9 Å². The number of hydrogen-bond donors (Lipinski definition) is 1. The van der Waals surface area contributed by atoms with Crippen LogP contribution in [0.2, 0.25) is 0 Å². The molecule has 1 aromatic rings. The molecule has 0 unspecified atom stereocenters. The Hall–Kier alpha value is -1.84. The van der Waals surface area contributed by atoms with Crippen molar-refractivity contribution < 1.29 is 18.3 Å². The molecule has 21 heavy (non-hydrogen) atoms. The molecule has 6 heteroatoms. The normalized spacial score (nSPS) is 18.6. The summed E-state index contributed by atoms with van der Waals surface area (Å²) in [5.74, 6) is 5.31. The van der Waals surface area contributed by atoms with Crippen molar-refractivity contribution in [2.75, 3.05) is 6.61 Å². The Morgan fingerprint density at radius 3 is 2.38 bits per heavy atom. The van der Waals surface area contributed by atoms with E-state index in [0.717, 1.165) is 15.4 Å². The second-order valence-electron chi connectivity index (χ2n) is 5.30. The summed E-state index contributed by atoms with van der Waals surface area (Å²) in [5.41, 5.74) is 1.51. The third kappa shape index (κ3) is 2.67. The second-order valence-corrected chi connectivity index (χ2v) is 7.71. The molecular weight excluding hydrogens is 290 g/mol. The summed E-state index contributed by atoms with van der Waals surface area (Å²) in [5, 5.41) is 8.64. The first kappa shape index (κ1) is 15.5. The number of aliphatic hydroxyl groups is 1. The molecule has 112 valence electrons. The van der Waals surface area contributed by atoms with Crippen molar-refractivity contribution in [3.05, 3.63) is 35.4 Å². The molecule has 0 saturated carbocycles. The molecule has 1 saturated heterocycles. The number of carbonyl (C=O) groups excluding carboxylic acids is 1. The smallest absolute Gasteiger partial charge is 0.259 e. The van der Waals surface area contributed by atoms with Crippen molar-refractivity contribution in [1.82, 2.24) is 4.31 Å². The summed E-state index contributed by atoms with van der Waals surface area (Å²) in [4.78, 5) is 11.8. The van der Waals surface area contributed by atoms with E-state index in [0.29, 0.717) is 6.42 Å². The highest BCUT2D eigenvalue weighted by Gasteiger charge is 2.59. The number of amides is 1. The minimum Gasteiger partial charge on any atom is -0.395 e. The van der Waals surface area contributed by atoms with E-state index in [-0.39, 0.29) is 19.1 Å². The van der Waals surface area contributed by atoms with Gasteiger partial charge in [0, 0.05) is 12.0 Å². The molecule has 0 atom stereocenters. The number of carbonyl (C=O) groups is 1. The zero-order valence-electron chi connectivity index (χ0n) is 12.0. The van der Waals surface area contributed by atoms with Gasteiger partial charge in [0.25, 0.3) is 15.9 Å². The van der Waals surface area contributed by atoms with E-state index in [4.69, 9.17) is 5.11 Å². The van der Waals surface area contributed by atoms with Crippen LogP contribution in [-0.2, 0) is 21.4 Å². The zero-order chi connectivity index (χ0) is 15.7. The van der Waals surface area contributed by atoms with Crippen molar-refractivity contribution in [2.24, 2.45) is 0 Å². The second kappa shape index (κ2) is 5.51. The van der Waals surface area contributed by atoms with Crippen LogP contribution < -0.4 is 0 Å². The number of aliphatic hydroxyl groups excluding tert-OH is 1. The maximum atomic E-state index is 12.0. The molecule has 1 fully saturated rings. The van der Waals surface area contributed by atoms with Gasteiger partial charge in [-0.2, -0.15) is 0 Å². The van der Waals surface area contributed by atoms with Crippen LogP contribution in [0.3, 0.4) is 0 Å². The fraction of sp³-hybridized carbons (Fsp3) is 0.400. The van der Waals surface area contributed by atoms with Gasteiger partial charge in [0.05, 0.1) is 13.2 Å². The van der Waals surface area contributed by atoms with E-state index >= 15 is 0 Å². The molecule has 1 aliphatic rings. The lowest BCUT2D eigenvalue weighted by molar-refractivity contribution is -0.132. The van der Waals surface area contributed by atoms with Gasteiger partial charge in [0.1, 0.15) is 0 Å². The van der Waals surface area contributed by atoms with Crippen LogP contribution in [0.5, 0.6) is 0 Å². The highest BCUT2D eigenvalue weighted by Crippen LogP contribution is 2.35. The predicted octanol–water partition coefficient (Wildman–Crippen LogP) is 0.871. The predicted molar refractivity (Wildman–Crippen MR) is 78.6 cm³/mol. The van der Waals surface area contributed by atoms with Crippen LogP contribution in [0.25, 0.3) is 0 Å². The van der Waals surface area contributed by atoms with Crippen LogP contribution in [0.4, 0.5) is 0 Å². The summed E-state index contributed by atoms with van der Waals surface area (Å²) in [6, 6.07) is 7.03. The summed E-state index contributed by atoms with van der Waals surface area (Å²) in [6.07, 6.45) is 0.414. The van der Waals surface area contributed by atoms with E-state index in [9.17, 15) is 13.2 Å². The van der Waals surface area contributed by atoms with Crippen molar-refractivity contribution in [1.29, 1.82) is 0 Å². The first-order valence-electron chi connectivity index (χ1n) is 6.56. The average molecular weight is 307 g/mol. The number of benzene rings is 1. The maximum Gasteiger partial charge on any atom is 0.259 e. The Morgan fingerprint density at radius 1 is 1.24 bits per heavy atom. The summed E-state index contributed by atoms with van der Waals surface area (Å²) in [7, 11) is -3.55. The number of rotatable bonds is 3. The van der Waals surface area contributed by atoms with Gasteiger partial charge in [0.2, 0.25) is 0 Å². The van der Waals surface area contributed by atoms with Gasteiger partial charge in [-0.1, -0.05) is 24.0 Å². The first-order chi connectivity index (χ1) is 9.80. The van der Waals surface area contributed by atoms with E-state index in [1.54, 1.807) is 24.3 Å². The van der Waals surface area contributed by atoms with Gasteiger partial charge < -0.3 is 5.11 Å². The molecule has 0 aromatic heterocycles. The first-order valence-corrected chi connectivity index (χ1v) is 8.00. The van der Waals surface area contributed by atoms with Gasteiger partial charge in [-0.05, 0) is 31.5 Å².